The molecule has 1 N–H and O–H groups in total. The van der Waals surface area contributed by atoms with Gasteiger partial charge in [-0.25, -0.2) is 4.98 Å². The fourth-order valence-corrected chi connectivity index (χ4v) is 2.12. The number of aromatic nitrogens is 1. The summed E-state index contributed by atoms with van der Waals surface area (Å²) in [6, 6.07) is 3.22. The molecular formula is C11H10BrFN2O2. The summed E-state index contributed by atoms with van der Waals surface area (Å²) >= 11 is 3.18. The highest BCUT2D eigenvalue weighted by molar-refractivity contribution is 9.08. The molecule has 0 aliphatic carbocycles. The molecule has 0 spiro atoms. The molecule has 1 fully saturated rings. The van der Waals surface area contributed by atoms with Gasteiger partial charge in [0.2, 0.25) is 17.8 Å². The van der Waals surface area contributed by atoms with E-state index in [0.717, 1.165) is 0 Å². The number of carbonyl (C=O) groups is 2. The van der Waals surface area contributed by atoms with Gasteiger partial charge in [0.25, 0.3) is 0 Å². The molecule has 1 aromatic rings. The highest BCUT2D eigenvalue weighted by atomic mass is 79.9. The number of piperidine rings is 1. The van der Waals surface area contributed by atoms with Crippen LogP contribution in [0.3, 0.4) is 0 Å². The monoisotopic (exact) mass is 300 g/mol. The average molecular weight is 301 g/mol. The Morgan fingerprint density at radius 2 is 2.24 bits per heavy atom. The molecule has 4 nitrogen and oxygen atoms in total. The first-order chi connectivity index (χ1) is 8.11. The van der Waals surface area contributed by atoms with E-state index in [1.165, 1.54) is 0 Å². The molecule has 0 aromatic carbocycles. The summed E-state index contributed by atoms with van der Waals surface area (Å²) < 4.78 is 13.7. The van der Waals surface area contributed by atoms with Gasteiger partial charge in [-0.1, -0.05) is 22.0 Å². The fraction of sp³-hybridized carbons (Fsp3) is 0.364. The predicted molar refractivity (Wildman–Crippen MR) is 62.0 cm³/mol. The van der Waals surface area contributed by atoms with E-state index in [2.05, 4.69) is 26.2 Å². The summed E-state index contributed by atoms with van der Waals surface area (Å²) in [5.74, 6) is -2.02. The van der Waals surface area contributed by atoms with Crippen LogP contribution in [0.15, 0.2) is 12.1 Å². The number of alkyl halides is 1. The lowest BCUT2D eigenvalue weighted by Gasteiger charge is -2.21. The molecule has 1 atom stereocenters. The predicted octanol–water partition coefficient (Wildman–Crippen LogP) is 1.64. The van der Waals surface area contributed by atoms with Gasteiger partial charge in [-0.2, -0.15) is 4.39 Å². The van der Waals surface area contributed by atoms with Gasteiger partial charge in [0.1, 0.15) is 0 Å². The molecule has 1 unspecified atom stereocenters. The zero-order chi connectivity index (χ0) is 12.4. The van der Waals surface area contributed by atoms with Crippen LogP contribution in [0.2, 0.25) is 0 Å². The Balaban J connectivity index is 2.28. The number of nitrogens with one attached hydrogen (secondary N) is 1. The van der Waals surface area contributed by atoms with Gasteiger partial charge in [-0.15, -0.1) is 0 Å². The molecule has 1 aliphatic rings. The molecule has 17 heavy (non-hydrogen) atoms. The van der Waals surface area contributed by atoms with Gasteiger partial charge < -0.3 is 0 Å². The molecule has 1 saturated heterocycles. The van der Waals surface area contributed by atoms with Crippen molar-refractivity contribution in [3.05, 3.63) is 29.3 Å². The molecule has 90 valence electrons. The Morgan fingerprint density at radius 1 is 1.47 bits per heavy atom. The van der Waals surface area contributed by atoms with E-state index in [9.17, 15) is 14.0 Å². The molecule has 2 rings (SSSR count). The minimum atomic E-state index is -0.642. The van der Waals surface area contributed by atoms with E-state index >= 15 is 0 Å². The molecule has 0 bridgehead atoms. The smallest absolute Gasteiger partial charge is 0.234 e. The van der Waals surface area contributed by atoms with Crippen LogP contribution in [0, 0.1) is 5.95 Å². The average Bonchev–Trinajstić information content (AvgIpc) is 2.30. The largest absolute Gasteiger partial charge is 0.296 e. The number of amides is 2. The third-order valence-corrected chi connectivity index (χ3v) is 3.26. The van der Waals surface area contributed by atoms with Crippen molar-refractivity contribution in [1.29, 1.82) is 0 Å². The second-order valence-electron chi connectivity index (χ2n) is 3.82. The minimum absolute atomic E-state index is 0.232. The summed E-state index contributed by atoms with van der Waals surface area (Å²) in [6.07, 6.45) is 0.562. The van der Waals surface area contributed by atoms with Crippen LogP contribution in [-0.2, 0) is 14.9 Å². The highest BCUT2D eigenvalue weighted by Gasteiger charge is 2.30. The molecule has 2 amide bonds. The molecule has 1 aliphatic heterocycles. The standard InChI is InChI=1S/C11H10BrFN2O2/c12-5-6-1-2-7(10(13)14-6)8-3-4-9(16)15-11(8)17/h1-2,8H,3-5H2,(H,15,16,17). The SMILES string of the molecule is O=C1CCC(c2ccc(CBr)nc2F)C(=O)N1. The third kappa shape index (κ3) is 2.52. The van der Waals surface area contributed by atoms with Crippen molar-refractivity contribution in [3.8, 4) is 0 Å². The van der Waals surface area contributed by atoms with Crippen molar-refractivity contribution >= 4 is 27.7 Å². The normalized spacial score (nSPS) is 20.2. The number of hydrogen-bond donors (Lipinski definition) is 1. The first-order valence-electron chi connectivity index (χ1n) is 5.17. The van der Waals surface area contributed by atoms with E-state index in [0.29, 0.717) is 17.4 Å². The molecule has 0 radical (unpaired) electrons. The van der Waals surface area contributed by atoms with Crippen LogP contribution in [0.5, 0.6) is 0 Å². The number of rotatable bonds is 2. The maximum Gasteiger partial charge on any atom is 0.234 e. The second kappa shape index (κ2) is 4.91. The van der Waals surface area contributed by atoms with Gasteiger partial charge in [0.15, 0.2) is 0 Å². The van der Waals surface area contributed by atoms with Crippen molar-refractivity contribution in [3.63, 3.8) is 0 Å². The van der Waals surface area contributed by atoms with Gasteiger partial charge >= 0.3 is 0 Å². The van der Waals surface area contributed by atoms with Gasteiger partial charge in [-0.3, -0.25) is 14.9 Å². The van der Waals surface area contributed by atoms with Gasteiger partial charge in [0.05, 0.1) is 11.6 Å². The zero-order valence-electron chi connectivity index (χ0n) is 8.87. The van der Waals surface area contributed by atoms with Gasteiger partial charge in [-0.05, 0) is 12.5 Å². The number of nitrogens with zero attached hydrogens (tertiary/aromatic N) is 1. The van der Waals surface area contributed by atoms with Crippen molar-refractivity contribution in [2.24, 2.45) is 0 Å². The zero-order valence-corrected chi connectivity index (χ0v) is 10.5. The Morgan fingerprint density at radius 3 is 2.82 bits per heavy atom. The first kappa shape index (κ1) is 12.2. The molecule has 1 aromatic heterocycles. The lowest BCUT2D eigenvalue weighted by Crippen LogP contribution is -2.39. The molecular weight excluding hydrogens is 291 g/mol. The Bertz CT molecular complexity index is 479. The summed E-state index contributed by atoms with van der Waals surface area (Å²) in [5, 5.41) is 2.66. The molecule has 2 heterocycles. The first-order valence-corrected chi connectivity index (χ1v) is 6.29. The minimum Gasteiger partial charge on any atom is -0.296 e. The maximum absolute atomic E-state index is 13.7. The molecule has 6 heteroatoms. The van der Waals surface area contributed by atoms with Crippen molar-refractivity contribution in [1.82, 2.24) is 10.3 Å². The van der Waals surface area contributed by atoms with E-state index < -0.39 is 17.8 Å². The van der Waals surface area contributed by atoms with Gasteiger partial charge in [0, 0.05) is 17.3 Å². The van der Waals surface area contributed by atoms with Crippen molar-refractivity contribution < 1.29 is 14.0 Å². The summed E-state index contributed by atoms with van der Waals surface area (Å²) in [4.78, 5) is 26.3. The highest BCUT2D eigenvalue weighted by Crippen LogP contribution is 2.26. The maximum atomic E-state index is 13.7. The Labute approximate surface area is 106 Å². The number of pyridine rings is 1. The van der Waals surface area contributed by atoms with E-state index in [-0.39, 0.29) is 17.9 Å². The van der Waals surface area contributed by atoms with Crippen LogP contribution in [-0.4, -0.2) is 16.8 Å². The second-order valence-corrected chi connectivity index (χ2v) is 4.38. The number of imide groups is 1. The van der Waals surface area contributed by atoms with Crippen molar-refractivity contribution in [2.45, 2.75) is 24.1 Å². The fourth-order valence-electron chi connectivity index (χ4n) is 1.81. The summed E-state index contributed by atoms with van der Waals surface area (Å²) in [6.45, 7) is 0. The van der Waals surface area contributed by atoms with Crippen LogP contribution >= 0.6 is 15.9 Å². The summed E-state index contributed by atoms with van der Waals surface area (Å²) in [7, 11) is 0. The van der Waals surface area contributed by atoms with E-state index in [4.69, 9.17) is 0 Å². The van der Waals surface area contributed by atoms with E-state index in [1.807, 2.05) is 0 Å². The van der Waals surface area contributed by atoms with Crippen LogP contribution in [0.4, 0.5) is 4.39 Å². The lowest BCUT2D eigenvalue weighted by atomic mass is 9.91. The summed E-state index contributed by atoms with van der Waals surface area (Å²) in [5.41, 5.74) is 0.818. The van der Waals surface area contributed by atoms with Crippen LogP contribution in [0.25, 0.3) is 0 Å². The third-order valence-electron chi connectivity index (χ3n) is 2.69. The topological polar surface area (TPSA) is 59.1 Å². The van der Waals surface area contributed by atoms with E-state index in [1.54, 1.807) is 12.1 Å². The van der Waals surface area contributed by atoms with Crippen LogP contribution < -0.4 is 5.32 Å². The quantitative estimate of drug-likeness (QED) is 0.513. The Kier molecular flexibility index (Phi) is 3.51. The lowest BCUT2D eigenvalue weighted by molar-refractivity contribution is -0.134. The molecule has 0 saturated carbocycles. The van der Waals surface area contributed by atoms with Crippen LogP contribution in [0.1, 0.15) is 30.0 Å². The number of hydrogen-bond acceptors (Lipinski definition) is 3. The Hall–Kier alpha value is -1.30. The van der Waals surface area contributed by atoms with Crippen molar-refractivity contribution in [2.75, 3.05) is 0 Å². The number of carbonyl (C=O) groups excluding carboxylic acids is 2. The number of halogens is 2.